The van der Waals surface area contributed by atoms with Gasteiger partial charge in [0.25, 0.3) is 0 Å². The maximum atomic E-state index is 13.7. The minimum absolute atomic E-state index is 0.00768. The fraction of sp³-hybridized carbons (Fsp3) is 0.885. The normalized spacial score (nSPS) is 49.4. The summed E-state index contributed by atoms with van der Waals surface area (Å²) >= 11 is 0. The van der Waals surface area contributed by atoms with Crippen LogP contribution in [0, 0.1) is 23.9 Å². The van der Waals surface area contributed by atoms with E-state index in [1.54, 1.807) is 0 Å². The van der Waals surface area contributed by atoms with E-state index < -0.39 is 110 Å². The Kier molecular flexibility index (Phi) is 18.3. The summed E-state index contributed by atoms with van der Waals surface area (Å²) in [4.78, 5) is 13.7. The quantitative estimate of drug-likeness (QED) is 0.0736. The molecule has 0 saturated carbocycles. The van der Waals surface area contributed by atoms with Crippen LogP contribution in [0.5, 0.6) is 0 Å². The molecule has 12 saturated heterocycles. The van der Waals surface area contributed by atoms with Gasteiger partial charge in [-0.2, -0.15) is 0 Å². The van der Waals surface area contributed by atoms with Crippen LogP contribution in [0.4, 0.5) is 0 Å². The Balaban J connectivity index is 0.605. The number of carbonyl (C=O) groups excluding carboxylic acids is 1. The number of hydrogen-bond donors (Lipinski definition) is 6. The predicted molar refractivity (Wildman–Crippen MR) is 286 cm³/mol. The van der Waals surface area contributed by atoms with Crippen LogP contribution in [0.15, 0.2) is 24.3 Å². The lowest BCUT2D eigenvalue weighted by Gasteiger charge is -2.50. The molecule has 29 atom stereocenters. The van der Waals surface area contributed by atoms with Crippen molar-refractivity contribution in [3.8, 4) is 12.0 Å². The van der Waals surface area contributed by atoms with Gasteiger partial charge >= 0.3 is 5.97 Å². The first-order chi connectivity index (χ1) is 39.4. The molecular formula is C61H90O21. The summed E-state index contributed by atoms with van der Waals surface area (Å²) in [5.41, 5.74) is 2.29. The Hall–Kier alpha value is -2.41. The molecule has 0 radical (unpaired) electrons. The Bertz CT molecular complexity index is 2310. The fourth-order valence-electron chi connectivity index (χ4n) is 15.8. The van der Waals surface area contributed by atoms with Gasteiger partial charge in [-0.05, 0) is 80.8 Å². The molecule has 0 aromatic carbocycles. The van der Waals surface area contributed by atoms with Crippen LogP contribution in [0.25, 0.3) is 0 Å². The van der Waals surface area contributed by atoms with E-state index in [2.05, 4.69) is 46.0 Å². The second-order valence-corrected chi connectivity index (χ2v) is 26.2. The second kappa shape index (κ2) is 25.0. The van der Waals surface area contributed by atoms with Gasteiger partial charge in [0.2, 0.25) is 5.79 Å². The molecule has 21 heteroatoms. The summed E-state index contributed by atoms with van der Waals surface area (Å²) in [6.45, 7) is 14.7. The minimum atomic E-state index is -1.99. The van der Waals surface area contributed by atoms with Crippen LogP contribution in [0.2, 0.25) is 0 Å². The summed E-state index contributed by atoms with van der Waals surface area (Å²) in [6.07, 6.45) is 1.50. The van der Waals surface area contributed by atoms with E-state index in [9.17, 15) is 35.4 Å². The molecule has 1 spiro atoms. The maximum absolute atomic E-state index is 13.7. The van der Waals surface area contributed by atoms with Crippen molar-refractivity contribution in [1.82, 2.24) is 0 Å². The molecule has 460 valence electrons. The molecule has 12 rings (SSSR count). The van der Waals surface area contributed by atoms with E-state index >= 15 is 0 Å². The lowest BCUT2D eigenvalue weighted by molar-refractivity contribution is -0.346. The van der Waals surface area contributed by atoms with E-state index in [0.29, 0.717) is 83.0 Å². The van der Waals surface area contributed by atoms with Crippen molar-refractivity contribution in [2.45, 2.75) is 307 Å². The van der Waals surface area contributed by atoms with Gasteiger partial charge in [0.05, 0.1) is 136 Å². The van der Waals surface area contributed by atoms with Crippen molar-refractivity contribution >= 4 is 5.97 Å². The van der Waals surface area contributed by atoms with E-state index in [-0.39, 0.29) is 99.1 Å². The Morgan fingerprint density at radius 3 is 2.40 bits per heavy atom. The highest BCUT2D eigenvalue weighted by molar-refractivity contribution is 5.70. The molecule has 0 aromatic rings. The van der Waals surface area contributed by atoms with Gasteiger partial charge in [-0.15, -0.1) is 0 Å². The van der Waals surface area contributed by atoms with Gasteiger partial charge in [-0.25, -0.2) is 0 Å². The van der Waals surface area contributed by atoms with Gasteiger partial charge in [0, 0.05) is 57.8 Å². The lowest BCUT2D eigenvalue weighted by atomic mass is 9.83. The third kappa shape index (κ3) is 12.4. The van der Waals surface area contributed by atoms with Crippen molar-refractivity contribution in [2.75, 3.05) is 19.8 Å². The standard InChI is InChI=1S/C61H90O21/c1-6-42-33(5)30(2)17-36(72-42)10-12-43-31(3)18-35(73-43)9-7-8-16-69-56-55-44(78-58-57(56)82-61(68)52(66)29-71-59(58)61)13-11-37(76-55)23-53(67)75-39-22-48-47(70-28-39)25-50-49(77-48)21-38(74-50)20-46-40(64)14-15-60(80-46)26-32(4)54-51(81-60)24-45(79-54)41(65)19-34(63)27-62/h30,32,34-52,54-59,62-66,68H,3,5-7,9-15,17-29H2,1-2,4H3/t30-,32+,34-,35+,36+,37?,38?,39-,40+,41+,42?,43+,44+,45?,46+,47+,48?,49?,50-,51+,52+,54+,55+,56+,57?,58-,59-,60-,61?/m1/s1. The molecule has 12 aliphatic rings. The Morgan fingerprint density at radius 1 is 0.756 bits per heavy atom. The summed E-state index contributed by atoms with van der Waals surface area (Å²) in [7, 11) is 0. The van der Waals surface area contributed by atoms with E-state index in [1.807, 2.05) is 0 Å². The number of rotatable bonds is 16. The zero-order valence-corrected chi connectivity index (χ0v) is 47.9. The molecule has 6 N–H and O–H groups in total. The number of aliphatic hydroxyl groups excluding tert-OH is 5. The van der Waals surface area contributed by atoms with Crippen LogP contribution in [-0.4, -0.2) is 221 Å². The number of hydrogen-bond acceptors (Lipinski definition) is 21. The van der Waals surface area contributed by atoms with Crippen molar-refractivity contribution < 1.29 is 102 Å². The van der Waals surface area contributed by atoms with E-state index in [0.717, 1.165) is 37.7 Å². The zero-order valence-electron chi connectivity index (χ0n) is 47.9. The van der Waals surface area contributed by atoms with Crippen molar-refractivity contribution in [3.05, 3.63) is 24.3 Å². The molecule has 12 fully saturated rings. The highest BCUT2D eigenvalue weighted by Gasteiger charge is 2.69. The van der Waals surface area contributed by atoms with Crippen LogP contribution in [0.1, 0.15) is 143 Å². The molecule has 12 heterocycles. The van der Waals surface area contributed by atoms with Crippen molar-refractivity contribution in [1.29, 1.82) is 0 Å². The topological polar surface area (TPSA) is 268 Å². The first kappa shape index (κ1) is 59.9. The molecular weight excluding hydrogens is 1070 g/mol. The molecule has 0 bridgehead atoms. The average Bonchev–Trinajstić information content (AvgIpc) is 2.01. The number of ether oxygens (including phenoxy) is 14. The number of carbonyl (C=O) groups is 1. The van der Waals surface area contributed by atoms with Crippen molar-refractivity contribution in [3.63, 3.8) is 0 Å². The molecule has 0 aromatic heterocycles. The minimum Gasteiger partial charge on any atom is -0.460 e. The average molecular weight is 1160 g/mol. The first-order valence-corrected chi connectivity index (χ1v) is 31.0. The third-order valence-electron chi connectivity index (χ3n) is 20.2. The van der Waals surface area contributed by atoms with Crippen LogP contribution < -0.4 is 0 Å². The summed E-state index contributed by atoms with van der Waals surface area (Å²) < 4.78 is 89.5. The first-order valence-electron chi connectivity index (χ1n) is 31.0. The van der Waals surface area contributed by atoms with Crippen LogP contribution >= 0.6 is 0 Å². The van der Waals surface area contributed by atoms with Gasteiger partial charge in [-0.1, -0.05) is 39.8 Å². The Morgan fingerprint density at radius 2 is 1.57 bits per heavy atom. The second-order valence-electron chi connectivity index (χ2n) is 26.2. The summed E-state index contributed by atoms with van der Waals surface area (Å²) in [5, 5.41) is 63.4. The third-order valence-corrected chi connectivity index (χ3v) is 20.2. The summed E-state index contributed by atoms with van der Waals surface area (Å²) in [6, 6.07) is 0. The Labute approximate surface area is 481 Å². The molecule has 0 amide bonds. The fourth-order valence-corrected chi connectivity index (χ4v) is 15.8. The zero-order chi connectivity index (χ0) is 57.2. The predicted octanol–water partition coefficient (Wildman–Crippen LogP) is 3.25. The monoisotopic (exact) mass is 1160 g/mol. The molecule has 12 aliphatic heterocycles. The van der Waals surface area contributed by atoms with Crippen LogP contribution in [-0.2, 0) is 71.1 Å². The molecule has 82 heavy (non-hydrogen) atoms. The number of fused-ring (bicyclic) bond motifs is 7. The van der Waals surface area contributed by atoms with E-state index in [1.165, 1.54) is 5.57 Å². The summed E-state index contributed by atoms with van der Waals surface area (Å²) in [5.74, 6) is 0.319. The maximum Gasteiger partial charge on any atom is 0.308 e. The lowest BCUT2D eigenvalue weighted by Crippen LogP contribution is -2.62. The van der Waals surface area contributed by atoms with Gasteiger partial charge in [0.1, 0.15) is 42.7 Å². The molecule has 0 aliphatic carbocycles. The highest BCUT2D eigenvalue weighted by atomic mass is 16.7. The van der Waals surface area contributed by atoms with E-state index in [4.69, 9.17) is 66.3 Å². The van der Waals surface area contributed by atoms with Crippen LogP contribution in [0.3, 0.4) is 0 Å². The van der Waals surface area contributed by atoms with Crippen molar-refractivity contribution in [2.24, 2.45) is 11.8 Å². The molecule has 8 unspecified atom stereocenters. The number of aliphatic hydroxyl groups is 6. The number of esters is 1. The van der Waals surface area contributed by atoms with Gasteiger partial charge < -0.3 is 97.0 Å². The van der Waals surface area contributed by atoms with Gasteiger partial charge in [-0.3, -0.25) is 4.79 Å². The molecule has 21 nitrogen and oxygen atoms in total. The SMILES string of the molecule is C=C1C(CC)O[C@@H](CC[C@@H]2O[C@@H](CCC#CO[C@@H]3C4OC5(O)[C@H](OC[C@@H]5O)[C@@H]4O[C@H]4CCC(CC(=O)O[C@H]5CO[C@H]6C[C@H]7OC(C[C@@H]8O[C@@]9(CC[C@@H]8O)C[C@H](C)[C@@H]8OC([C@@H](O)C[C@@H](O)CO)C[C@@H]8O9)CC7OC6C5)O[C@@H]43)CC2=C)C[C@H]1C. The largest absolute Gasteiger partial charge is 0.460 e. The van der Waals surface area contributed by atoms with Gasteiger partial charge in [0.15, 0.2) is 11.9 Å². The highest BCUT2D eigenvalue weighted by Crippen LogP contribution is 2.50. The smallest absolute Gasteiger partial charge is 0.308 e.